The Bertz CT molecular complexity index is 917. The largest absolute Gasteiger partial charge is 0.444 e. The molecule has 1 aromatic rings. The van der Waals surface area contributed by atoms with E-state index in [1.54, 1.807) is 0 Å². The van der Waals surface area contributed by atoms with Crippen molar-refractivity contribution < 1.29 is 14.3 Å². The number of hydrogen-bond donors (Lipinski definition) is 0. The van der Waals surface area contributed by atoms with Crippen molar-refractivity contribution in [3.8, 4) is 0 Å². The Morgan fingerprint density at radius 2 is 1.85 bits per heavy atom. The lowest BCUT2D eigenvalue weighted by Crippen LogP contribution is -2.64. The number of amides is 1. The SMILES string of the molecule is Cc1cc(N2CCC(N(C)C3COC3)CC2(C)C)nn1C1CC2(C1)CN(C(=O)OC(C)(C)C)C2. The Balaban J connectivity index is 1.18. The quantitative estimate of drug-likeness (QED) is 0.662. The van der Waals surface area contributed by atoms with Crippen molar-refractivity contribution in [1.29, 1.82) is 0 Å². The summed E-state index contributed by atoms with van der Waals surface area (Å²) >= 11 is 0. The van der Waals surface area contributed by atoms with Crippen LogP contribution in [0.5, 0.6) is 0 Å². The first-order valence-electron chi connectivity index (χ1n) is 13.0. The molecule has 1 aromatic heterocycles. The maximum absolute atomic E-state index is 12.3. The van der Waals surface area contributed by atoms with Gasteiger partial charge in [-0.05, 0) is 74.3 Å². The van der Waals surface area contributed by atoms with Gasteiger partial charge in [0.2, 0.25) is 0 Å². The molecule has 3 aliphatic heterocycles. The van der Waals surface area contributed by atoms with E-state index in [0.717, 1.165) is 64.3 Å². The van der Waals surface area contributed by atoms with Crippen LogP contribution in [0.3, 0.4) is 0 Å². The number of piperidine rings is 1. The molecule has 4 heterocycles. The molecule has 34 heavy (non-hydrogen) atoms. The Labute approximate surface area is 204 Å². The van der Waals surface area contributed by atoms with Crippen LogP contribution in [0.4, 0.5) is 10.6 Å². The normalized spacial score (nSPS) is 26.9. The highest BCUT2D eigenvalue weighted by molar-refractivity contribution is 5.69. The minimum absolute atomic E-state index is 0.0656. The van der Waals surface area contributed by atoms with Crippen molar-refractivity contribution in [3.63, 3.8) is 0 Å². The standard InChI is InChI=1S/C26H43N5O3/c1-18-10-22(30-9-8-19(11-25(30,5)6)28(7)21-14-33-15-21)27-31(18)20-12-26(13-20)16-29(17-26)23(32)34-24(2,3)4/h10,19-21H,8-9,11-17H2,1-7H3. The lowest BCUT2D eigenvalue weighted by molar-refractivity contribution is -0.0931. The molecule has 8 heteroatoms. The summed E-state index contributed by atoms with van der Waals surface area (Å²) < 4.78 is 13.2. The topological polar surface area (TPSA) is 63.1 Å². The number of aromatic nitrogens is 2. The van der Waals surface area contributed by atoms with Gasteiger partial charge in [0.25, 0.3) is 0 Å². The van der Waals surface area contributed by atoms with Crippen molar-refractivity contribution >= 4 is 11.9 Å². The zero-order valence-electron chi connectivity index (χ0n) is 22.1. The summed E-state index contributed by atoms with van der Waals surface area (Å²) in [6, 6.07) is 3.88. The van der Waals surface area contributed by atoms with Crippen molar-refractivity contribution in [3.05, 3.63) is 11.8 Å². The summed E-state index contributed by atoms with van der Waals surface area (Å²) in [4.78, 5) is 19.2. The van der Waals surface area contributed by atoms with E-state index in [4.69, 9.17) is 14.6 Å². The van der Waals surface area contributed by atoms with Crippen LogP contribution in [0.1, 0.15) is 72.0 Å². The molecular weight excluding hydrogens is 430 g/mol. The Morgan fingerprint density at radius 3 is 2.41 bits per heavy atom. The highest BCUT2D eigenvalue weighted by Gasteiger charge is 2.55. The van der Waals surface area contributed by atoms with E-state index >= 15 is 0 Å². The molecule has 0 aromatic carbocycles. The van der Waals surface area contributed by atoms with Gasteiger partial charge in [-0.25, -0.2) is 4.79 Å². The molecule has 3 saturated heterocycles. The molecule has 0 N–H and O–H groups in total. The molecule has 1 atom stereocenters. The lowest BCUT2D eigenvalue weighted by atomic mass is 9.61. The van der Waals surface area contributed by atoms with Gasteiger partial charge >= 0.3 is 6.09 Å². The summed E-state index contributed by atoms with van der Waals surface area (Å²) in [5.74, 6) is 1.11. The zero-order valence-corrected chi connectivity index (χ0v) is 22.1. The molecule has 0 radical (unpaired) electrons. The van der Waals surface area contributed by atoms with Gasteiger partial charge in [0.05, 0.1) is 25.3 Å². The molecule has 4 fully saturated rings. The average Bonchev–Trinajstić information content (AvgIpc) is 2.96. The Morgan fingerprint density at radius 1 is 1.18 bits per heavy atom. The van der Waals surface area contributed by atoms with Crippen molar-refractivity contribution in [2.24, 2.45) is 5.41 Å². The number of likely N-dealkylation sites (N-methyl/N-ethyl adjacent to an activating group) is 1. The number of carbonyl (C=O) groups is 1. The van der Waals surface area contributed by atoms with Crippen molar-refractivity contribution in [2.45, 2.75) is 96.5 Å². The highest BCUT2D eigenvalue weighted by Crippen LogP contribution is 2.54. The van der Waals surface area contributed by atoms with Crippen LogP contribution in [-0.4, -0.2) is 88.8 Å². The minimum atomic E-state index is -0.437. The number of carbonyl (C=O) groups excluding carboxylic acids is 1. The Hall–Kier alpha value is -1.80. The third kappa shape index (κ3) is 4.32. The second kappa shape index (κ2) is 8.12. The van der Waals surface area contributed by atoms with E-state index < -0.39 is 5.60 Å². The molecule has 8 nitrogen and oxygen atoms in total. The van der Waals surface area contributed by atoms with E-state index in [1.807, 2.05) is 25.7 Å². The fourth-order valence-electron chi connectivity index (χ4n) is 6.46. The number of nitrogens with zero attached hydrogens (tertiary/aromatic N) is 5. The number of ether oxygens (including phenoxy) is 2. The molecule has 1 saturated carbocycles. The lowest BCUT2D eigenvalue weighted by Gasteiger charge is -2.58. The molecule has 1 amide bonds. The van der Waals surface area contributed by atoms with Gasteiger partial charge in [-0.2, -0.15) is 5.10 Å². The van der Waals surface area contributed by atoms with Gasteiger partial charge in [-0.1, -0.05) is 0 Å². The summed E-state index contributed by atoms with van der Waals surface area (Å²) in [6.45, 7) is 17.1. The van der Waals surface area contributed by atoms with Crippen molar-refractivity contribution in [2.75, 3.05) is 44.8 Å². The predicted octanol–water partition coefficient (Wildman–Crippen LogP) is 3.84. The van der Waals surface area contributed by atoms with Gasteiger partial charge in [-0.3, -0.25) is 9.58 Å². The van der Waals surface area contributed by atoms with Crippen LogP contribution in [0.2, 0.25) is 0 Å². The molecule has 1 spiro atoms. The first kappa shape index (κ1) is 23.9. The average molecular weight is 474 g/mol. The molecule has 190 valence electrons. The fourth-order valence-corrected chi connectivity index (χ4v) is 6.46. The van der Waals surface area contributed by atoms with Crippen LogP contribution in [0, 0.1) is 12.3 Å². The van der Waals surface area contributed by atoms with Gasteiger partial charge in [0, 0.05) is 48.4 Å². The number of aryl methyl sites for hydroxylation is 1. The zero-order chi connectivity index (χ0) is 24.5. The van der Waals surface area contributed by atoms with E-state index in [2.05, 4.69) is 48.4 Å². The number of likely N-dealkylation sites (tertiary alicyclic amines) is 1. The van der Waals surface area contributed by atoms with Crippen LogP contribution in [0.25, 0.3) is 0 Å². The first-order valence-corrected chi connectivity index (χ1v) is 13.0. The summed E-state index contributed by atoms with van der Waals surface area (Å²) in [7, 11) is 2.26. The van der Waals surface area contributed by atoms with Crippen LogP contribution in [-0.2, 0) is 9.47 Å². The molecule has 4 aliphatic rings. The van der Waals surface area contributed by atoms with Crippen LogP contribution in [0.15, 0.2) is 6.07 Å². The van der Waals surface area contributed by atoms with E-state index in [0.29, 0.717) is 18.1 Å². The summed E-state index contributed by atoms with van der Waals surface area (Å²) in [5.41, 5.74) is 1.12. The van der Waals surface area contributed by atoms with E-state index in [9.17, 15) is 4.79 Å². The Kier molecular flexibility index (Phi) is 5.71. The maximum Gasteiger partial charge on any atom is 0.410 e. The molecule has 1 aliphatic carbocycles. The van der Waals surface area contributed by atoms with Crippen LogP contribution >= 0.6 is 0 Å². The minimum Gasteiger partial charge on any atom is -0.444 e. The van der Waals surface area contributed by atoms with Gasteiger partial charge < -0.3 is 19.3 Å². The monoisotopic (exact) mass is 473 g/mol. The molecular formula is C26H43N5O3. The fraction of sp³-hybridized carbons (Fsp3) is 0.846. The summed E-state index contributed by atoms with van der Waals surface area (Å²) in [6.07, 6.45) is 4.30. The predicted molar refractivity (Wildman–Crippen MR) is 132 cm³/mol. The third-order valence-electron chi connectivity index (χ3n) is 8.50. The molecule has 1 unspecified atom stereocenters. The van der Waals surface area contributed by atoms with Gasteiger partial charge in [0.15, 0.2) is 5.82 Å². The summed E-state index contributed by atoms with van der Waals surface area (Å²) in [5, 5.41) is 5.11. The van der Waals surface area contributed by atoms with Gasteiger partial charge in [-0.15, -0.1) is 0 Å². The van der Waals surface area contributed by atoms with Gasteiger partial charge in [0.1, 0.15) is 5.60 Å². The molecule has 5 rings (SSSR count). The number of rotatable bonds is 4. The van der Waals surface area contributed by atoms with E-state index in [1.165, 1.54) is 5.69 Å². The maximum atomic E-state index is 12.3. The van der Waals surface area contributed by atoms with Crippen molar-refractivity contribution in [1.82, 2.24) is 19.6 Å². The molecule has 0 bridgehead atoms. The van der Waals surface area contributed by atoms with Crippen LogP contribution < -0.4 is 4.90 Å². The number of anilines is 1. The second-order valence-electron chi connectivity index (χ2n) is 13.0. The van der Waals surface area contributed by atoms with E-state index in [-0.39, 0.29) is 17.0 Å². The third-order valence-corrected chi connectivity index (χ3v) is 8.50. The smallest absolute Gasteiger partial charge is 0.410 e. The highest BCUT2D eigenvalue weighted by atomic mass is 16.6. The number of hydrogen-bond acceptors (Lipinski definition) is 6. The first-order chi connectivity index (χ1) is 15.9. The second-order valence-corrected chi connectivity index (χ2v) is 13.0.